The van der Waals surface area contributed by atoms with Gasteiger partial charge in [-0.25, -0.2) is 4.98 Å². The number of aliphatic hydroxyl groups excluding tert-OH is 2. The van der Waals surface area contributed by atoms with Crippen LogP contribution >= 0.6 is 0 Å². The molecule has 15 heavy (non-hydrogen) atoms. The number of nitrogens with zero attached hydrogens (tertiary/aromatic N) is 1. The highest BCUT2D eigenvalue weighted by atomic mass is 19.1. The molecule has 2 unspecified atom stereocenters. The van der Waals surface area contributed by atoms with E-state index >= 15 is 0 Å². The first-order valence-electron chi connectivity index (χ1n) is 4.48. The summed E-state index contributed by atoms with van der Waals surface area (Å²) in [4.78, 5) is 3.36. The smallest absolute Gasteiger partial charge is 0.236 e. The lowest BCUT2D eigenvalue weighted by molar-refractivity contribution is 0.0200. The van der Waals surface area contributed by atoms with Crippen molar-refractivity contribution in [1.29, 1.82) is 0 Å². The van der Waals surface area contributed by atoms with Crippen molar-refractivity contribution in [2.24, 2.45) is 0 Å². The van der Waals surface area contributed by atoms with E-state index in [1.807, 2.05) is 0 Å². The lowest BCUT2D eigenvalue weighted by Crippen LogP contribution is -2.29. The van der Waals surface area contributed by atoms with Crippen LogP contribution in [0.5, 0.6) is 0 Å². The zero-order valence-electron chi connectivity index (χ0n) is 8.31. The maximum Gasteiger partial charge on any atom is 0.236 e. The van der Waals surface area contributed by atoms with Crippen molar-refractivity contribution in [3.63, 3.8) is 0 Å². The maximum absolute atomic E-state index is 12.7. The number of anilines is 1. The number of halogens is 1. The molecule has 0 amide bonds. The van der Waals surface area contributed by atoms with Crippen LogP contribution in [0, 0.1) is 5.95 Å². The molecule has 6 heteroatoms. The Balaban J connectivity index is 2.81. The van der Waals surface area contributed by atoms with Crippen molar-refractivity contribution in [3.8, 4) is 0 Å². The van der Waals surface area contributed by atoms with Crippen molar-refractivity contribution in [1.82, 2.24) is 10.3 Å². The summed E-state index contributed by atoms with van der Waals surface area (Å²) in [6, 6.07) is 1.26. The Morgan fingerprint density at radius 2 is 2.27 bits per heavy atom. The third-order valence-electron chi connectivity index (χ3n) is 2.01. The number of hydrogen-bond donors (Lipinski definition) is 4. The van der Waals surface area contributed by atoms with Crippen molar-refractivity contribution >= 4 is 5.69 Å². The summed E-state index contributed by atoms with van der Waals surface area (Å²) < 4.78 is 12.7. The predicted molar refractivity (Wildman–Crippen MR) is 53.5 cm³/mol. The Labute approximate surface area is 86.8 Å². The van der Waals surface area contributed by atoms with Gasteiger partial charge in [0.25, 0.3) is 0 Å². The lowest BCUT2D eigenvalue weighted by atomic mass is 10.1. The fraction of sp³-hybridized carbons (Fsp3) is 0.444. The van der Waals surface area contributed by atoms with Crippen LogP contribution in [0.25, 0.3) is 0 Å². The molecule has 2 atom stereocenters. The number of likely N-dealkylation sites (N-methyl/N-ethyl adjacent to an activating group) is 1. The quantitative estimate of drug-likeness (QED) is 0.504. The van der Waals surface area contributed by atoms with Gasteiger partial charge in [-0.05, 0) is 13.1 Å². The molecule has 0 aliphatic heterocycles. The molecule has 1 rings (SSSR count). The molecular weight excluding hydrogens is 201 g/mol. The van der Waals surface area contributed by atoms with E-state index < -0.39 is 18.2 Å². The van der Waals surface area contributed by atoms with E-state index in [-0.39, 0.29) is 17.8 Å². The number of aliphatic hydroxyl groups is 2. The van der Waals surface area contributed by atoms with Crippen LogP contribution in [-0.4, -0.2) is 34.9 Å². The molecular formula is C9H14FN3O2. The third kappa shape index (κ3) is 2.85. The lowest BCUT2D eigenvalue weighted by Gasteiger charge is -2.17. The first-order valence-corrected chi connectivity index (χ1v) is 4.48. The molecule has 0 spiro atoms. The van der Waals surface area contributed by atoms with Gasteiger partial charge >= 0.3 is 0 Å². The van der Waals surface area contributed by atoms with Gasteiger partial charge in [0.1, 0.15) is 6.10 Å². The molecule has 1 heterocycles. The van der Waals surface area contributed by atoms with E-state index in [1.165, 1.54) is 6.07 Å². The topological polar surface area (TPSA) is 91.4 Å². The highest BCUT2D eigenvalue weighted by Gasteiger charge is 2.18. The molecule has 0 bridgehead atoms. The van der Waals surface area contributed by atoms with Crippen LogP contribution in [0.2, 0.25) is 0 Å². The fourth-order valence-electron chi connectivity index (χ4n) is 1.19. The normalized spacial score (nSPS) is 14.9. The van der Waals surface area contributed by atoms with Gasteiger partial charge in [0.2, 0.25) is 5.95 Å². The largest absolute Gasteiger partial charge is 0.395 e. The highest BCUT2D eigenvalue weighted by Crippen LogP contribution is 2.19. The molecule has 84 valence electrons. The number of nitrogens with one attached hydrogen (secondary N) is 1. The van der Waals surface area contributed by atoms with Gasteiger partial charge in [0.15, 0.2) is 0 Å². The summed E-state index contributed by atoms with van der Waals surface area (Å²) in [7, 11) is 1.65. The molecule has 1 aromatic heterocycles. The zero-order chi connectivity index (χ0) is 11.4. The molecule has 5 N–H and O–H groups in total. The first kappa shape index (κ1) is 11.8. The second-order valence-electron chi connectivity index (χ2n) is 3.22. The van der Waals surface area contributed by atoms with Gasteiger partial charge in [0.05, 0.1) is 11.8 Å². The molecule has 5 nitrogen and oxygen atoms in total. The number of aromatic nitrogens is 1. The van der Waals surface area contributed by atoms with E-state index in [9.17, 15) is 14.6 Å². The molecule has 0 aromatic carbocycles. The molecule has 0 aliphatic rings. The van der Waals surface area contributed by atoms with Crippen molar-refractivity contribution in [2.75, 3.05) is 19.3 Å². The van der Waals surface area contributed by atoms with Crippen LogP contribution in [0.4, 0.5) is 10.1 Å². The van der Waals surface area contributed by atoms with Gasteiger partial charge in [-0.2, -0.15) is 4.39 Å². The summed E-state index contributed by atoms with van der Waals surface area (Å²) in [5.41, 5.74) is 5.43. The summed E-state index contributed by atoms with van der Waals surface area (Å²) in [5.74, 6) is -0.783. The van der Waals surface area contributed by atoms with Gasteiger partial charge < -0.3 is 21.3 Å². The number of rotatable bonds is 4. The average Bonchev–Trinajstić information content (AvgIpc) is 2.21. The molecule has 0 saturated heterocycles. The van der Waals surface area contributed by atoms with Gasteiger partial charge in [-0.1, -0.05) is 0 Å². The van der Waals surface area contributed by atoms with Gasteiger partial charge in [-0.15, -0.1) is 0 Å². The van der Waals surface area contributed by atoms with Crippen LogP contribution in [0.1, 0.15) is 11.7 Å². The Morgan fingerprint density at radius 3 is 2.80 bits per heavy atom. The second kappa shape index (κ2) is 5.01. The monoisotopic (exact) mass is 215 g/mol. The minimum atomic E-state index is -1.13. The van der Waals surface area contributed by atoms with Crippen LogP contribution in [0.15, 0.2) is 12.3 Å². The van der Waals surface area contributed by atoms with Crippen molar-refractivity contribution in [3.05, 3.63) is 23.8 Å². The summed E-state index contributed by atoms with van der Waals surface area (Å²) in [6.45, 7) is 0.221. The number of nitrogen functional groups attached to an aromatic ring is 1. The van der Waals surface area contributed by atoms with E-state index in [0.29, 0.717) is 0 Å². The van der Waals surface area contributed by atoms with E-state index in [0.717, 1.165) is 6.20 Å². The summed E-state index contributed by atoms with van der Waals surface area (Å²) >= 11 is 0. The number of pyridine rings is 1. The molecule has 1 aromatic rings. The Bertz CT molecular complexity index is 335. The standard InChI is InChI=1S/C9H14FN3O2/c1-12-4-7(14)8(15)5-2-6(11)9(10)13-3-5/h2-3,7-8,12,14-15H,4,11H2,1H3. The number of nitrogens with two attached hydrogens (primary N) is 1. The molecule has 0 fully saturated rings. The van der Waals surface area contributed by atoms with E-state index in [1.54, 1.807) is 7.05 Å². The SMILES string of the molecule is CNCC(O)C(O)c1cnc(F)c(N)c1. The van der Waals surface area contributed by atoms with Crippen LogP contribution < -0.4 is 11.1 Å². The minimum Gasteiger partial charge on any atom is -0.395 e. The fourth-order valence-corrected chi connectivity index (χ4v) is 1.19. The third-order valence-corrected chi connectivity index (χ3v) is 2.01. The zero-order valence-corrected chi connectivity index (χ0v) is 8.31. The van der Waals surface area contributed by atoms with E-state index in [2.05, 4.69) is 10.3 Å². The van der Waals surface area contributed by atoms with Crippen LogP contribution in [-0.2, 0) is 0 Å². The minimum absolute atomic E-state index is 0.150. The van der Waals surface area contributed by atoms with Gasteiger partial charge in [0, 0.05) is 18.3 Å². The Morgan fingerprint density at radius 1 is 1.60 bits per heavy atom. The van der Waals surface area contributed by atoms with Crippen LogP contribution in [0.3, 0.4) is 0 Å². The average molecular weight is 215 g/mol. The number of hydrogen-bond acceptors (Lipinski definition) is 5. The Hall–Kier alpha value is -1.24. The molecule has 0 radical (unpaired) electrons. The molecule has 0 saturated carbocycles. The molecule has 0 aliphatic carbocycles. The predicted octanol–water partition coefficient (Wildman–Crippen LogP) is -0.583. The maximum atomic E-state index is 12.7. The first-order chi connectivity index (χ1) is 7.06. The Kier molecular flexibility index (Phi) is 3.96. The van der Waals surface area contributed by atoms with Crippen molar-refractivity contribution < 1.29 is 14.6 Å². The highest BCUT2D eigenvalue weighted by molar-refractivity contribution is 5.39. The van der Waals surface area contributed by atoms with Crippen molar-refractivity contribution in [2.45, 2.75) is 12.2 Å². The van der Waals surface area contributed by atoms with E-state index in [4.69, 9.17) is 5.73 Å². The second-order valence-corrected chi connectivity index (χ2v) is 3.22. The van der Waals surface area contributed by atoms with Gasteiger partial charge in [-0.3, -0.25) is 0 Å². The summed E-state index contributed by atoms with van der Waals surface area (Å²) in [6.07, 6.45) is -0.968. The summed E-state index contributed by atoms with van der Waals surface area (Å²) in [5, 5.41) is 21.8.